The predicted molar refractivity (Wildman–Crippen MR) is 72.0 cm³/mol. The zero-order chi connectivity index (χ0) is 13.1. The fraction of sp³-hybridized carbons (Fsp3) is 0.727. The van der Waals surface area contributed by atoms with Crippen LogP contribution in [-0.4, -0.2) is 25.7 Å². The van der Waals surface area contributed by atoms with Gasteiger partial charge in [-0.25, -0.2) is 13.4 Å². The minimum Gasteiger partial charge on any atom is -0.330 e. The van der Waals surface area contributed by atoms with Crippen LogP contribution in [0.15, 0.2) is 5.38 Å². The molecule has 1 aromatic heterocycles. The number of aromatic nitrogens is 1. The molecule has 0 radical (unpaired) electrons. The number of thiazole rings is 1. The summed E-state index contributed by atoms with van der Waals surface area (Å²) in [6.45, 7) is 6.60. The van der Waals surface area contributed by atoms with E-state index in [1.165, 1.54) is 11.3 Å². The van der Waals surface area contributed by atoms with Crippen molar-refractivity contribution in [3.05, 3.63) is 16.1 Å². The SMILES string of the molecule is CC(C)(C)c1csc(CS(=O)(=O)CCCN)n1. The van der Waals surface area contributed by atoms with Gasteiger partial charge in [-0.2, -0.15) is 0 Å². The summed E-state index contributed by atoms with van der Waals surface area (Å²) >= 11 is 1.42. The van der Waals surface area contributed by atoms with Crippen LogP contribution in [0.3, 0.4) is 0 Å². The molecule has 6 heteroatoms. The Morgan fingerprint density at radius 1 is 1.41 bits per heavy atom. The van der Waals surface area contributed by atoms with E-state index < -0.39 is 9.84 Å². The van der Waals surface area contributed by atoms with Gasteiger partial charge in [0.25, 0.3) is 0 Å². The van der Waals surface area contributed by atoms with Gasteiger partial charge in [-0.05, 0) is 13.0 Å². The number of nitrogens with zero attached hydrogens (tertiary/aromatic N) is 1. The Balaban J connectivity index is 2.73. The molecule has 0 bridgehead atoms. The maximum atomic E-state index is 11.7. The second kappa shape index (κ2) is 5.46. The van der Waals surface area contributed by atoms with E-state index in [0.717, 1.165) is 5.69 Å². The van der Waals surface area contributed by atoms with Gasteiger partial charge in [0.05, 0.1) is 11.4 Å². The first-order valence-corrected chi connectivity index (χ1v) is 8.30. The largest absolute Gasteiger partial charge is 0.330 e. The number of nitrogens with two attached hydrogens (primary N) is 1. The lowest BCUT2D eigenvalue weighted by atomic mass is 9.93. The average Bonchev–Trinajstić information content (AvgIpc) is 2.62. The zero-order valence-corrected chi connectivity index (χ0v) is 12.2. The Morgan fingerprint density at radius 3 is 2.53 bits per heavy atom. The van der Waals surface area contributed by atoms with E-state index in [4.69, 9.17) is 5.73 Å². The summed E-state index contributed by atoms with van der Waals surface area (Å²) in [6.07, 6.45) is 0.514. The van der Waals surface area contributed by atoms with Crippen LogP contribution in [0.1, 0.15) is 37.9 Å². The van der Waals surface area contributed by atoms with E-state index in [-0.39, 0.29) is 16.9 Å². The molecular formula is C11H20N2O2S2. The molecule has 0 aromatic carbocycles. The summed E-state index contributed by atoms with van der Waals surface area (Å²) in [4.78, 5) is 4.38. The molecule has 0 saturated heterocycles. The molecular weight excluding hydrogens is 256 g/mol. The molecule has 0 amide bonds. The van der Waals surface area contributed by atoms with Gasteiger partial charge in [-0.1, -0.05) is 20.8 Å². The molecule has 0 atom stereocenters. The van der Waals surface area contributed by atoms with E-state index in [2.05, 4.69) is 25.8 Å². The smallest absolute Gasteiger partial charge is 0.156 e. The van der Waals surface area contributed by atoms with Crippen LogP contribution in [0.4, 0.5) is 0 Å². The van der Waals surface area contributed by atoms with Gasteiger partial charge in [0, 0.05) is 10.8 Å². The van der Waals surface area contributed by atoms with Gasteiger partial charge in [0.15, 0.2) is 9.84 Å². The number of sulfone groups is 1. The monoisotopic (exact) mass is 276 g/mol. The van der Waals surface area contributed by atoms with Gasteiger partial charge in [0.2, 0.25) is 0 Å². The fourth-order valence-electron chi connectivity index (χ4n) is 1.29. The van der Waals surface area contributed by atoms with Crippen molar-refractivity contribution in [1.29, 1.82) is 0 Å². The molecule has 0 aliphatic carbocycles. The summed E-state index contributed by atoms with van der Waals surface area (Å²) in [6, 6.07) is 0. The van der Waals surface area contributed by atoms with Crippen molar-refractivity contribution in [3.63, 3.8) is 0 Å². The Labute approximate surface area is 107 Å². The number of hydrogen-bond donors (Lipinski definition) is 1. The van der Waals surface area contributed by atoms with Crippen LogP contribution < -0.4 is 5.73 Å². The van der Waals surface area contributed by atoms with Crippen molar-refractivity contribution in [1.82, 2.24) is 4.98 Å². The maximum absolute atomic E-state index is 11.7. The summed E-state index contributed by atoms with van der Waals surface area (Å²) in [5.74, 6) is 0.182. The Morgan fingerprint density at radius 2 is 2.06 bits per heavy atom. The lowest BCUT2D eigenvalue weighted by molar-refractivity contribution is 0.570. The predicted octanol–water partition coefficient (Wildman–Crippen LogP) is 1.70. The first-order chi connectivity index (χ1) is 7.74. The minimum atomic E-state index is -3.06. The van der Waals surface area contributed by atoms with Crippen LogP contribution in [0.25, 0.3) is 0 Å². The Hall–Kier alpha value is -0.460. The van der Waals surface area contributed by atoms with Gasteiger partial charge < -0.3 is 5.73 Å². The van der Waals surface area contributed by atoms with Crippen molar-refractivity contribution in [2.24, 2.45) is 5.73 Å². The normalized spacial score (nSPS) is 12.9. The summed E-state index contributed by atoms with van der Waals surface area (Å²) in [5, 5.41) is 2.61. The first-order valence-electron chi connectivity index (χ1n) is 5.60. The third-order valence-electron chi connectivity index (χ3n) is 2.32. The van der Waals surface area contributed by atoms with Crippen molar-refractivity contribution < 1.29 is 8.42 Å². The second-order valence-electron chi connectivity index (χ2n) is 5.11. The van der Waals surface area contributed by atoms with Crippen molar-refractivity contribution in [2.75, 3.05) is 12.3 Å². The molecule has 2 N–H and O–H groups in total. The molecule has 1 rings (SSSR count). The standard InChI is InChI=1S/C11H20N2O2S2/c1-11(2,3)9-7-16-10(13-9)8-17(14,15)6-4-5-12/h7H,4-6,8,12H2,1-3H3. The van der Waals surface area contributed by atoms with E-state index in [1.54, 1.807) is 0 Å². The number of hydrogen-bond acceptors (Lipinski definition) is 5. The molecule has 0 spiro atoms. The van der Waals surface area contributed by atoms with Crippen molar-refractivity contribution >= 4 is 21.2 Å². The highest BCUT2D eigenvalue weighted by atomic mass is 32.2. The molecule has 0 fully saturated rings. The quantitative estimate of drug-likeness (QED) is 0.888. The van der Waals surface area contributed by atoms with Crippen molar-refractivity contribution in [2.45, 2.75) is 38.4 Å². The van der Waals surface area contributed by atoms with Crippen LogP contribution >= 0.6 is 11.3 Å². The lowest BCUT2D eigenvalue weighted by Crippen LogP contribution is -2.14. The zero-order valence-electron chi connectivity index (χ0n) is 10.6. The van der Waals surface area contributed by atoms with Crippen molar-refractivity contribution in [3.8, 4) is 0 Å². The summed E-state index contributed by atoms with van der Waals surface area (Å²) in [5.41, 5.74) is 6.23. The fourth-order valence-corrected chi connectivity index (χ4v) is 4.09. The van der Waals surface area contributed by atoms with Gasteiger partial charge in [-0.3, -0.25) is 0 Å². The van der Waals surface area contributed by atoms with E-state index in [1.807, 2.05) is 5.38 Å². The lowest BCUT2D eigenvalue weighted by Gasteiger charge is -2.14. The highest BCUT2D eigenvalue weighted by Gasteiger charge is 2.20. The maximum Gasteiger partial charge on any atom is 0.156 e. The highest BCUT2D eigenvalue weighted by molar-refractivity contribution is 7.90. The highest BCUT2D eigenvalue weighted by Crippen LogP contribution is 2.24. The molecule has 17 heavy (non-hydrogen) atoms. The van der Waals surface area contributed by atoms with Gasteiger partial charge in [-0.15, -0.1) is 11.3 Å². The molecule has 0 unspecified atom stereocenters. The summed E-state index contributed by atoms with van der Waals surface area (Å²) in [7, 11) is -3.06. The molecule has 0 aliphatic rings. The minimum absolute atomic E-state index is 0.0320. The number of rotatable bonds is 5. The van der Waals surface area contributed by atoms with Crippen LogP contribution in [0, 0.1) is 0 Å². The Bertz CT molecular complexity index is 458. The Kier molecular flexibility index (Phi) is 4.69. The third-order valence-corrected chi connectivity index (χ3v) is 4.98. The van der Waals surface area contributed by atoms with Crippen LogP contribution in [-0.2, 0) is 21.0 Å². The molecule has 1 aromatic rings. The van der Waals surface area contributed by atoms with E-state index >= 15 is 0 Å². The van der Waals surface area contributed by atoms with E-state index in [9.17, 15) is 8.42 Å². The third kappa shape index (κ3) is 4.73. The van der Waals surface area contributed by atoms with Crippen LogP contribution in [0.5, 0.6) is 0 Å². The average molecular weight is 276 g/mol. The topological polar surface area (TPSA) is 73.0 Å². The van der Waals surface area contributed by atoms with Gasteiger partial charge in [0.1, 0.15) is 10.8 Å². The molecule has 1 heterocycles. The molecule has 0 saturated carbocycles. The van der Waals surface area contributed by atoms with Gasteiger partial charge >= 0.3 is 0 Å². The molecule has 0 aliphatic heterocycles. The molecule has 4 nitrogen and oxygen atoms in total. The molecule has 98 valence electrons. The summed E-state index contributed by atoms with van der Waals surface area (Å²) < 4.78 is 23.5. The first kappa shape index (κ1) is 14.6. The second-order valence-corrected chi connectivity index (χ2v) is 8.24. The van der Waals surface area contributed by atoms with E-state index in [0.29, 0.717) is 18.0 Å². The van der Waals surface area contributed by atoms with Crippen LogP contribution in [0.2, 0.25) is 0 Å².